The zero-order valence-corrected chi connectivity index (χ0v) is 12.1. The highest BCUT2D eigenvalue weighted by atomic mass is 32.2. The highest BCUT2D eigenvalue weighted by Gasteiger charge is 2.19. The summed E-state index contributed by atoms with van der Waals surface area (Å²) in [7, 11) is 0. The number of hydrogen-bond acceptors (Lipinski definition) is 5. The summed E-state index contributed by atoms with van der Waals surface area (Å²) in [6, 6.07) is 0. The lowest BCUT2D eigenvalue weighted by Gasteiger charge is -2.02. The lowest BCUT2D eigenvalue weighted by molar-refractivity contribution is -0.114. The van der Waals surface area contributed by atoms with Crippen LogP contribution >= 0.6 is 23.3 Å². The van der Waals surface area contributed by atoms with Gasteiger partial charge in [-0.25, -0.2) is 0 Å². The lowest BCUT2D eigenvalue weighted by atomic mass is 10.3. The van der Waals surface area contributed by atoms with Crippen molar-refractivity contribution in [3.8, 4) is 0 Å². The Morgan fingerprint density at radius 1 is 1.44 bits per heavy atom. The zero-order chi connectivity index (χ0) is 13.5. The van der Waals surface area contributed by atoms with Crippen molar-refractivity contribution in [1.82, 2.24) is 4.37 Å². The quantitative estimate of drug-likeness (QED) is 0.596. The van der Waals surface area contributed by atoms with Crippen LogP contribution < -0.4 is 11.1 Å². The Hall–Kier alpha value is -1.08. The molecule has 0 aliphatic rings. The van der Waals surface area contributed by atoms with Crippen LogP contribution in [-0.2, 0) is 4.79 Å². The van der Waals surface area contributed by atoms with E-state index >= 15 is 0 Å². The Kier molecular flexibility index (Phi) is 6.14. The van der Waals surface area contributed by atoms with Gasteiger partial charge in [0.15, 0.2) is 0 Å². The Morgan fingerprint density at radius 3 is 2.72 bits per heavy atom. The molecule has 0 saturated heterocycles. The molecule has 0 bridgehead atoms. The van der Waals surface area contributed by atoms with Gasteiger partial charge >= 0.3 is 0 Å². The maximum Gasteiger partial charge on any atom is 0.254 e. The van der Waals surface area contributed by atoms with Crippen molar-refractivity contribution in [2.24, 2.45) is 5.73 Å². The van der Waals surface area contributed by atoms with Crippen LogP contribution in [0.1, 0.15) is 43.5 Å². The summed E-state index contributed by atoms with van der Waals surface area (Å²) < 4.78 is 4.18. The molecule has 0 saturated carbocycles. The minimum atomic E-state index is -0.550. The first-order valence-electron chi connectivity index (χ1n) is 5.76. The number of nitrogens with two attached hydrogens (primary N) is 1. The largest absolute Gasteiger partial charge is 0.365 e. The van der Waals surface area contributed by atoms with E-state index in [9.17, 15) is 9.59 Å². The predicted molar refractivity (Wildman–Crippen MR) is 75.2 cm³/mol. The second kappa shape index (κ2) is 7.38. The second-order valence-electron chi connectivity index (χ2n) is 3.79. The molecule has 0 spiro atoms. The number of anilines is 1. The SMILES string of the molecule is CCCCCSc1nsc(NC(C)=O)c1C(N)=O. The maximum absolute atomic E-state index is 11.4. The molecule has 0 unspecified atom stereocenters. The van der Waals surface area contributed by atoms with E-state index in [1.165, 1.54) is 18.7 Å². The molecule has 1 aromatic rings. The van der Waals surface area contributed by atoms with E-state index < -0.39 is 5.91 Å². The molecular weight excluding hydrogens is 270 g/mol. The molecule has 0 aromatic carbocycles. The van der Waals surface area contributed by atoms with Crippen LogP contribution in [0.3, 0.4) is 0 Å². The summed E-state index contributed by atoms with van der Waals surface area (Å²) >= 11 is 2.60. The number of rotatable bonds is 7. The molecule has 2 amide bonds. The third-order valence-electron chi connectivity index (χ3n) is 2.18. The number of nitrogens with zero attached hydrogens (tertiary/aromatic N) is 1. The minimum absolute atomic E-state index is 0.233. The molecule has 1 heterocycles. The average molecular weight is 287 g/mol. The van der Waals surface area contributed by atoms with E-state index in [1.54, 1.807) is 0 Å². The molecule has 0 radical (unpaired) electrons. The predicted octanol–water partition coefficient (Wildman–Crippen LogP) is 2.48. The molecule has 18 heavy (non-hydrogen) atoms. The average Bonchev–Trinajstić information content (AvgIpc) is 2.66. The molecule has 1 aromatic heterocycles. The summed E-state index contributed by atoms with van der Waals surface area (Å²) in [6.07, 6.45) is 3.38. The van der Waals surface area contributed by atoms with Crippen molar-refractivity contribution in [3.63, 3.8) is 0 Å². The van der Waals surface area contributed by atoms with Gasteiger partial charge in [-0.15, -0.1) is 11.8 Å². The summed E-state index contributed by atoms with van der Waals surface area (Å²) in [5.74, 6) is 0.117. The summed E-state index contributed by atoms with van der Waals surface area (Å²) in [4.78, 5) is 22.4. The van der Waals surface area contributed by atoms with Crippen molar-refractivity contribution in [1.29, 1.82) is 0 Å². The standard InChI is InChI=1S/C11H17N3O2S2/c1-3-4-5-6-17-11-8(9(12)16)10(18-14-11)13-7(2)15/h3-6H2,1-2H3,(H2,12,16)(H,13,15). The summed E-state index contributed by atoms with van der Waals surface area (Å²) in [6.45, 7) is 3.52. The number of hydrogen-bond donors (Lipinski definition) is 2. The normalized spacial score (nSPS) is 10.3. The number of carbonyl (C=O) groups is 2. The van der Waals surface area contributed by atoms with Gasteiger partial charge in [0, 0.05) is 6.92 Å². The number of thioether (sulfide) groups is 1. The Balaban J connectivity index is 2.75. The van der Waals surface area contributed by atoms with Gasteiger partial charge < -0.3 is 11.1 Å². The lowest BCUT2D eigenvalue weighted by Crippen LogP contribution is -2.15. The smallest absolute Gasteiger partial charge is 0.254 e. The van der Waals surface area contributed by atoms with Crippen LogP contribution in [-0.4, -0.2) is 21.9 Å². The molecule has 100 valence electrons. The second-order valence-corrected chi connectivity index (χ2v) is 5.65. The number of unbranched alkanes of at least 4 members (excludes halogenated alkanes) is 2. The Bertz CT molecular complexity index is 432. The van der Waals surface area contributed by atoms with E-state index in [-0.39, 0.29) is 5.91 Å². The van der Waals surface area contributed by atoms with Gasteiger partial charge in [-0.1, -0.05) is 19.8 Å². The van der Waals surface area contributed by atoms with Gasteiger partial charge in [0.1, 0.15) is 15.6 Å². The number of primary amides is 1. The third-order valence-corrected chi connectivity index (χ3v) is 4.12. The van der Waals surface area contributed by atoms with Gasteiger partial charge in [0.05, 0.1) is 0 Å². The van der Waals surface area contributed by atoms with Crippen LogP contribution in [0, 0.1) is 0 Å². The van der Waals surface area contributed by atoms with Crippen molar-refractivity contribution < 1.29 is 9.59 Å². The summed E-state index contributed by atoms with van der Waals surface area (Å²) in [5, 5.41) is 3.64. The molecule has 0 aliphatic carbocycles. The van der Waals surface area contributed by atoms with E-state index in [4.69, 9.17) is 5.73 Å². The molecule has 0 aliphatic heterocycles. The fraction of sp³-hybridized carbons (Fsp3) is 0.545. The molecule has 7 heteroatoms. The highest BCUT2D eigenvalue weighted by molar-refractivity contribution is 7.99. The number of amides is 2. The van der Waals surface area contributed by atoms with Gasteiger partial charge in [-0.2, -0.15) is 4.37 Å². The van der Waals surface area contributed by atoms with Crippen LogP contribution in [0.5, 0.6) is 0 Å². The van der Waals surface area contributed by atoms with E-state index in [2.05, 4.69) is 16.6 Å². The van der Waals surface area contributed by atoms with Gasteiger partial charge in [-0.05, 0) is 23.7 Å². The first-order valence-corrected chi connectivity index (χ1v) is 7.52. The number of aromatic nitrogens is 1. The van der Waals surface area contributed by atoms with E-state index in [0.29, 0.717) is 15.6 Å². The topological polar surface area (TPSA) is 85.1 Å². The highest BCUT2D eigenvalue weighted by Crippen LogP contribution is 2.32. The maximum atomic E-state index is 11.4. The van der Waals surface area contributed by atoms with Gasteiger partial charge in [0.2, 0.25) is 5.91 Å². The Morgan fingerprint density at radius 2 is 2.17 bits per heavy atom. The molecule has 5 nitrogen and oxygen atoms in total. The van der Waals surface area contributed by atoms with Crippen molar-refractivity contribution in [2.45, 2.75) is 38.1 Å². The molecule has 3 N–H and O–H groups in total. The Labute approximate surface area is 115 Å². The first kappa shape index (κ1) is 15.0. The van der Waals surface area contributed by atoms with Crippen LogP contribution in [0.2, 0.25) is 0 Å². The van der Waals surface area contributed by atoms with E-state index in [1.807, 2.05) is 0 Å². The number of nitrogens with one attached hydrogen (secondary N) is 1. The van der Waals surface area contributed by atoms with Gasteiger partial charge in [-0.3, -0.25) is 9.59 Å². The van der Waals surface area contributed by atoms with Crippen LogP contribution in [0.25, 0.3) is 0 Å². The molecule has 0 fully saturated rings. The van der Waals surface area contributed by atoms with Gasteiger partial charge in [0.25, 0.3) is 5.91 Å². The van der Waals surface area contributed by atoms with E-state index in [0.717, 1.165) is 36.5 Å². The number of carbonyl (C=O) groups excluding carboxylic acids is 2. The van der Waals surface area contributed by atoms with Crippen molar-refractivity contribution >= 4 is 40.1 Å². The molecular formula is C11H17N3O2S2. The van der Waals surface area contributed by atoms with Crippen LogP contribution in [0.15, 0.2) is 5.03 Å². The fourth-order valence-corrected chi connectivity index (χ4v) is 3.38. The van der Waals surface area contributed by atoms with Crippen LogP contribution in [0.4, 0.5) is 5.00 Å². The minimum Gasteiger partial charge on any atom is -0.365 e. The molecule has 1 rings (SSSR count). The zero-order valence-electron chi connectivity index (χ0n) is 10.5. The summed E-state index contributed by atoms with van der Waals surface area (Å²) in [5.41, 5.74) is 5.66. The first-order chi connectivity index (χ1) is 8.56. The van der Waals surface area contributed by atoms with Crippen molar-refractivity contribution in [3.05, 3.63) is 5.56 Å². The fourth-order valence-electron chi connectivity index (χ4n) is 1.36. The monoisotopic (exact) mass is 287 g/mol. The third kappa shape index (κ3) is 4.30. The van der Waals surface area contributed by atoms with Crippen molar-refractivity contribution in [2.75, 3.05) is 11.1 Å². The molecule has 0 atom stereocenters.